The summed E-state index contributed by atoms with van der Waals surface area (Å²) in [6.45, 7) is 6.78. The molecular formula is C13H20N2OS. The summed E-state index contributed by atoms with van der Waals surface area (Å²) in [7, 11) is 1.73. The number of allylic oxidation sites excluding steroid dienone is 1. The van der Waals surface area contributed by atoms with E-state index in [0.29, 0.717) is 11.2 Å². The van der Waals surface area contributed by atoms with Crippen LogP contribution in [0.1, 0.15) is 19.8 Å². The third-order valence-corrected chi connectivity index (χ3v) is 3.68. The molecule has 3 nitrogen and oxygen atoms in total. The Labute approximate surface area is 108 Å². The van der Waals surface area contributed by atoms with E-state index < -0.39 is 0 Å². The van der Waals surface area contributed by atoms with Gasteiger partial charge in [-0.25, -0.2) is 9.97 Å². The second kappa shape index (κ2) is 8.25. The van der Waals surface area contributed by atoms with Crippen LogP contribution in [0.2, 0.25) is 0 Å². The van der Waals surface area contributed by atoms with Crippen molar-refractivity contribution in [2.24, 2.45) is 5.92 Å². The van der Waals surface area contributed by atoms with Crippen LogP contribution >= 0.6 is 11.8 Å². The fourth-order valence-electron chi connectivity index (χ4n) is 1.48. The molecule has 0 amide bonds. The van der Waals surface area contributed by atoms with Crippen LogP contribution in [0.3, 0.4) is 0 Å². The van der Waals surface area contributed by atoms with E-state index in [1.54, 1.807) is 31.3 Å². The zero-order valence-electron chi connectivity index (χ0n) is 10.5. The van der Waals surface area contributed by atoms with Crippen LogP contribution in [0.4, 0.5) is 0 Å². The van der Waals surface area contributed by atoms with Gasteiger partial charge in [0.05, 0.1) is 0 Å². The number of rotatable bonds is 8. The molecule has 0 aliphatic heterocycles. The summed E-state index contributed by atoms with van der Waals surface area (Å²) in [5.41, 5.74) is 0. The molecular weight excluding hydrogens is 232 g/mol. The van der Waals surface area contributed by atoms with Gasteiger partial charge in [-0.2, -0.15) is 0 Å². The minimum absolute atomic E-state index is 0.477. The number of methoxy groups -OCH3 is 1. The summed E-state index contributed by atoms with van der Waals surface area (Å²) >= 11 is 1.72. The fraction of sp³-hybridized carbons (Fsp3) is 0.538. The second-order valence-corrected chi connectivity index (χ2v) is 5.27. The van der Waals surface area contributed by atoms with Crippen molar-refractivity contribution in [1.82, 2.24) is 9.97 Å². The van der Waals surface area contributed by atoms with Crippen LogP contribution in [-0.2, 0) is 4.74 Å². The summed E-state index contributed by atoms with van der Waals surface area (Å²) in [4.78, 5) is 8.49. The largest absolute Gasteiger partial charge is 0.385 e. The Balaban J connectivity index is 2.53. The van der Waals surface area contributed by atoms with Crippen LogP contribution in [-0.4, -0.2) is 28.9 Å². The molecule has 1 rings (SSSR count). The molecule has 2 atom stereocenters. The molecule has 94 valence electrons. The van der Waals surface area contributed by atoms with Crippen LogP contribution < -0.4 is 0 Å². The van der Waals surface area contributed by atoms with Crippen molar-refractivity contribution in [3.05, 3.63) is 31.1 Å². The van der Waals surface area contributed by atoms with Gasteiger partial charge in [0.25, 0.3) is 0 Å². The molecule has 0 saturated heterocycles. The van der Waals surface area contributed by atoms with Gasteiger partial charge in [0.2, 0.25) is 0 Å². The first-order chi connectivity index (χ1) is 8.26. The highest BCUT2D eigenvalue weighted by atomic mass is 32.2. The topological polar surface area (TPSA) is 35.0 Å². The monoisotopic (exact) mass is 252 g/mol. The Hall–Kier alpha value is -0.870. The first kappa shape index (κ1) is 14.2. The smallest absolute Gasteiger partial charge is 0.187 e. The van der Waals surface area contributed by atoms with Gasteiger partial charge in [0, 0.05) is 31.4 Å². The molecule has 17 heavy (non-hydrogen) atoms. The SMILES string of the molecule is C=CC(C)CC(CCOC)Sc1ncccn1. The van der Waals surface area contributed by atoms with Gasteiger partial charge in [-0.05, 0) is 24.8 Å². The highest BCUT2D eigenvalue weighted by Crippen LogP contribution is 2.27. The molecule has 2 unspecified atom stereocenters. The molecule has 0 aromatic carbocycles. The predicted molar refractivity (Wildman–Crippen MR) is 72.1 cm³/mol. The van der Waals surface area contributed by atoms with Crippen LogP contribution in [0, 0.1) is 5.92 Å². The standard InChI is InChI=1S/C13H20N2OS/c1-4-11(2)10-12(6-9-16-3)17-13-14-7-5-8-15-13/h4-5,7-8,11-12H,1,6,9-10H2,2-3H3. The quantitative estimate of drug-likeness (QED) is 0.404. The van der Waals surface area contributed by atoms with Crippen LogP contribution in [0.25, 0.3) is 0 Å². The zero-order chi connectivity index (χ0) is 12.5. The van der Waals surface area contributed by atoms with E-state index in [1.165, 1.54) is 0 Å². The molecule has 1 heterocycles. The number of hydrogen-bond donors (Lipinski definition) is 0. The Morgan fingerprint density at radius 2 is 2.18 bits per heavy atom. The molecule has 0 bridgehead atoms. The maximum Gasteiger partial charge on any atom is 0.187 e. The second-order valence-electron chi connectivity index (χ2n) is 4.00. The molecule has 4 heteroatoms. The summed E-state index contributed by atoms with van der Waals surface area (Å²) in [6.07, 6.45) is 7.64. The summed E-state index contributed by atoms with van der Waals surface area (Å²) in [6, 6.07) is 1.83. The maximum absolute atomic E-state index is 5.15. The first-order valence-corrected chi connectivity index (χ1v) is 6.69. The average Bonchev–Trinajstić information content (AvgIpc) is 2.37. The van der Waals surface area contributed by atoms with Crippen molar-refractivity contribution in [3.8, 4) is 0 Å². The molecule has 0 aliphatic rings. The Morgan fingerprint density at radius 3 is 2.76 bits per heavy atom. The third-order valence-electron chi connectivity index (χ3n) is 2.50. The van der Waals surface area contributed by atoms with E-state index in [0.717, 1.165) is 24.6 Å². The van der Waals surface area contributed by atoms with E-state index in [4.69, 9.17) is 4.74 Å². The van der Waals surface area contributed by atoms with Gasteiger partial charge in [0.1, 0.15) is 0 Å². The number of hydrogen-bond acceptors (Lipinski definition) is 4. The zero-order valence-corrected chi connectivity index (χ0v) is 11.3. The van der Waals surface area contributed by atoms with Crippen LogP contribution in [0.15, 0.2) is 36.3 Å². The maximum atomic E-state index is 5.15. The van der Waals surface area contributed by atoms with Crippen molar-refractivity contribution in [1.29, 1.82) is 0 Å². The molecule has 1 aromatic rings. The van der Waals surface area contributed by atoms with Crippen LogP contribution in [0.5, 0.6) is 0 Å². The average molecular weight is 252 g/mol. The normalized spacial score (nSPS) is 14.2. The van der Waals surface area contributed by atoms with Gasteiger partial charge in [0.15, 0.2) is 5.16 Å². The molecule has 0 radical (unpaired) electrons. The van der Waals surface area contributed by atoms with E-state index in [9.17, 15) is 0 Å². The molecule has 0 aliphatic carbocycles. The highest BCUT2D eigenvalue weighted by Gasteiger charge is 2.14. The third kappa shape index (κ3) is 5.84. The number of aromatic nitrogens is 2. The number of ether oxygens (including phenoxy) is 1. The lowest BCUT2D eigenvalue weighted by Gasteiger charge is -2.17. The summed E-state index contributed by atoms with van der Waals surface area (Å²) < 4.78 is 5.15. The summed E-state index contributed by atoms with van der Waals surface area (Å²) in [5.74, 6) is 0.507. The molecule has 0 fully saturated rings. The van der Waals surface area contributed by atoms with Gasteiger partial charge < -0.3 is 4.74 Å². The van der Waals surface area contributed by atoms with Gasteiger partial charge in [-0.3, -0.25) is 0 Å². The van der Waals surface area contributed by atoms with Crippen molar-refractivity contribution < 1.29 is 4.74 Å². The minimum atomic E-state index is 0.477. The Bertz CT molecular complexity index is 318. The predicted octanol–water partition coefficient (Wildman–Crippen LogP) is 3.19. The number of thioether (sulfide) groups is 1. The number of nitrogens with zero attached hydrogens (tertiary/aromatic N) is 2. The van der Waals surface area contributed by atoms with E-state index >= 15 is 0 Å². The van der Waals surface area contributed by atoms with Gasteiger partial charge >= 0.3 is 0 Å². The lowest BCUT2D eigenvalue weighted by Crippen LogP contribution is -2.11. The molecule has 0 spiro atoms. The Kier molecular flexibility index (Phi) is 6.89. The van der Waals surface area contributed by atoms with Crippen molar-refractivity contribution in [2.75, 3.05) is 13.7 Å². The summed E-state index contributed by atoms with van der Waals surface area (Å²) in [5, 5.41) is 1.32. The van der Waals surface area contributed by atoms with Gasteiger partial charge in [-0.1, -0.05) is 24.8 Å². The van der Waals surface area contributed by atoms with Crippen molar-refractivity contribution in [3.63, 3.8) is 0 Å². The van der Waals surface area contributed by atoms with E-state index in [-0.39, 0.29) is 0 Å². The highest BCUT2D eigenvalue weighted by molar-refractivity contribution is 7.99. The van der Waals surface area contributed by atoms with Gasteiger partial charge in [-0.15, -0.1) is 6.58 Å². The Morgan fingerprint density at radius 1 is 1.47 bits per heavy atom. The lowest BCUT2D eigenvalue weighted by molar-refractivity contribution is 0.192. The van der Waals surface area contributed by atoms with E-state index in [2.05, 4.69) is 23.5 Å². The fourth-order valence-corrected chi connectivity index (χ4v) is 2.64. The molecule has 1 aromatic heterocycles. The molecule has 0 N–H and O–H groups in total. The van der Waals surface area contributed by atoms with Crippen molar-refractivity contribution >= 4 is 11.8 Å². The lowest BCUT2D eigenvalue weighted by atomic mass is 10.0. The van der Waals surface area contributed by atoms with Crippen molar-refractivity contribution in [2.45, 2.75) is 30.2 Å². The molecule has 0 saturated carbocycles. The van der Waals surface area contributed by atoms with E-state index in [1.807, 2.05) is 12.1 Å². The first-order valence-electron chi connectivity index (χ1n) is 5.81. The minimum Gasteiger partial charge on any atom is -0.385 e.